The number of nitro benzene ring substituents is 1. The van der Waals surface area contributed by atoms with Crippen LogP contribution < -0.4 is 10.9 Å². The minimum atomic E-state index is -0.660. The van der Waals surface area contributed by atoms with Crippen LogP contribution in [0.25, 0.3) is 28.0 Å². The summed E-state index contributed by atoms with van der Waals surface area (Å²) < 4.78 is 6.74. The number of amides is 2. The highest BCUT2D eigenvalue weighted by atomic mass is 16.6. The molecule has 3 aromatic heterocycles. The summed E-state index contributed by atoms with van der Waals surface area (Å²) in [5, 5.41) is 15.7. The van der Waals surface area contributed by atoms with Crippen LogP contribution in [0.1, 0.15) is 20.8 Å². The van der Waals surface area contributed by atoms with Crippen LogP contribution in [0, 0.1) is 10.1 Å². The number of furan rings is 1. The number of hydrogen-bond donors (Lipinski definition) is 2. The molecule has 3 heterocycles. The lowest BCUT2D eigenvalue weighted by molar-refractivity contribution is -0.384. The van der Waals surface area contributed by atoms with E-state index < -0.39 is 16.7 Å². The maximum absolute atomic E-state index is 13.0. The third-order valence-electron chi connectivity index (χ3n) is 5.15. The summed E-state index contributed by atoms with van der Waals surface area (Å²) in [6.45, 7) is 0. The molecule has 5 rings (SSSR count). The monoisotopic (exact) mass is 468 g/mol. The van der Waals surface area contributed by atoms with E-state index in [0.29, 0.717) is 33.6 Å². The average Bonchev–Trinajstić information content (AvgIpc) is 3.59. The number of nitrogens with one attached hydrogen (secondary N) is 2. The molecular weight excluding hydrogens is 452 g/mol. The van der Waals surface area contributed by atoms with Crippen molar-refractivity contribution < 1.29 is 18.9 Å². The number of rotatable bonds is 5. The van der Waals surface area contributed by atoms with Crippen molar-refractivity contribution in [2.45, 2.75) is 0 Å². The van der Waals surface area contributed by atoms with E-state index in [2.05, 4.69) is 20.9 Å². The standard InChI is InChI=1S/C24H16N6O5/c31-23(18-14-21(22-9-4-12-35-22)25-19-8-2-1-7-17(18)19)26-27-24(32)20-10-11-29(28-20)15-5-3-6-16(13-15)30(33)34/h1-14H,(H,26,31)(H,27,32). The molecule has 0 aliphatic rings. The number of carbonyl (C=O) groups excluding carboxylic acids is 2. The molecule has 0 spiro atoms. The zero-order chi connectivity index (χ0) is 24.4. The van der Waals surface area contributed by atoms with Gasteiger partial charge in [0.2, 0.25) is 0 Å². The lowest BCUT2D eigenvalue weighted by atomic mass is 10.1. The first kappa shape index (κ1) is 21.5. The first-order chi connectivity index (χ1) is 17.0. The van der Waals surface area contributed by atoms with Gasteiger partial charge in [0.05, 0.1) is 28.0 Å². The number of pyridine rings is 1. The first-order valence-electron chi connectivity index (χ1n) is 10.3. The Morgan fingerprint density at radius 1 is 0.943 bits per heavy atom. The Labute approximate surface area is 197 Å². The van der Waals surface area contributed by atoms with E-state index in [1.807, 2.05) is 6.07 Å². The zero-order valence-electron chi connectivity index (χ0n) is 17.9. The zero-order valence-corrected chi connectivity index (χ0v) is 17.9. The van der Waals surface area contributed by atoms with Gasteiger partial charge in [0.1, 0.15) is 5.69 Å². The Balaban J connectivity index is 1.34. The molecule has 0 bridgehead atoms. The predicted molar refractivity (Wildman–Crippen MR) is 125 cm³/mol. The molecule has 35 heavy (non-hydrogen) atoms. The fourth-order valence-corrected chi connectivity index (χ4v) is 3.50. The van der Waals surface area contributed by atoms with Crippen LogP contribution in [0.3, 0.4) is 0 Å². The van der Waals surface area contributed by atoms with Gasteiger partial charge in [-0.1, -0.05) is 24.3 Å². The van der Waals surface area contributed by atoms with Crippen LogP contribution in [0.4, 0.5) is 5.69 Å². The van der Waals surface area contributed by atoms with Crippen molar-refractivity contribution in [2.75, 3.05) is 0 Å². The van der Waals surface area contributed by atoms with Gasteiger partial charge >= 0.3 is 0 Å². The van der Waals surface area contributed by atoms with Gasteiger partial charge in [-0.15, -0.1) is 0 Å². The molecular formula is C24H16N6O5. The Kier molecular flexibility index (Phi) is 5.47. The summed E-state index contributed by atoms with van der Waals surface area (Å²) >= 11 is 0. The second-order valence-corrected chi connectivity index (χ2v) is 7.38. The van der Waals surface area contributed by atoms with E-state index in [0.717, 1.165) is 0 Å². The lowest BCUT2D eigenvalue weighted by Crippen LogP contribution is -2.42. The number of hydrogen-bond acceptors (Lipinski definition) is 7. The second kappa shape index (κ2) is 8.90. The van der Waals surface area contributed by atoms with Crippen molar-refractivity contribution in [1.82, 2.24) is 25.6 Å². The van der Waals surface area contributed by atoms with E-state index in [-0.39, 0.29) is 11.4 Å². The molecule has 0 saturated carbocycles. The van der Waals surface area contributed by atoms with Crippen LogP contribution in [-0.4, -0.2) is 31.5 Å². The summed E-state index contributed by atoms with van der Waals surface area (Å²) in [5.74, 6) is -0.712. The summed E-state index contributed by atoms with van der Waals surface area (Å²) in [6.07, 6.45) is 3.00. The van der Waals surface area contributed by atoms with E-state index in [4.69, 9.17) is 4.42 Å². The molecule has 11 nitrogen and oxygen atoms in total. The number of nitro groups is 1. The molecule has 0 fully saturated rings. The molecule has 0 atom stereocenters. The van der Waals surface area contributed by atoms with E-state index in [9.17, 15) is 19.7 Å². The average molecular weight is 468 g/mol. The lowest BCUT2D eigenvalue weighted by Gasteiger charge is -2.10. The first-order valence-corrected chi connectivity index (χ1v) is 10.3. The number of fused-ring (bicyclic) bond motifs is 1. The van der Waals surface area contributed by atoms with Crippen molar-refractivity contribution in [2.24, 2.45) is 0 Å². The van der Waals surface area contributed by atoms with Crippen LogP contribution in [0.5, 0.6) is 0 Å². The van der Waals surface area contributed by atoms with Gasteiger partial charge < -0.3 is 4.42 Å². The minimum absolute atomic E-state index is 0.00710. The van der Waals surface area contributed by atoms with Crippen molar-refractivity contribution in [3.8, 4) is 17.1 Å². The highest BCUT2D eigenvalue weighted by Crippen LogP contribution is 2.25. The molecule has 0 radical (unpaired) electrons. The Bertz CT molecular complexity index is 1570. The molecule has 2 amide bonds. The Hall–Kier alpha value is -5.32. The highest BCUT2D eigenvalue weighted by molar-refractivity contribution is 6.08. The SMILES string of the molecule is O=C(NNC(=O)c1cc(-c2ccco2)nc2ccccc12)c1ccn(-c2cccc([N+](=O)[O-])c2)n1. The Morgan fingerprint density at radius 3 is 2.57 bits per heavy atom. The second-order valence-electron chi connectivity index (χ2n) is 7.38. The van der Waals surface area contributed by atoms with Crippen molar-refractivity contribution in [3.63, 3.8) is 0 Å². The number of nitrogens with zero attached hydrogens (tertiary/aromatic N) is 4. The van der Waals surface area contributed by atoms with Gasteiger partial charge in [0.15, 0.2) is 11.5 Å². The van der Waals surface area contributed by atoms with E-state index >= 15 is 0 Å². The third kappa shape index (κ3) is 4.33. The smallest absolute Gasteiger partial charge is 0.290 e. The number of aromatic nitrogens is 3. The molecule has 2 aromatic carbocycles. The van der Waals surface area contributed by atoms with Gasteiger partial charge in [0, 0.05) is 23.7 Å². The number of hydrazine groups is 1. The van der Waals surface area contributed by atoms with Gasteiger partial charge in [-0.05, 0) is 36.4 Å². The number of non-ortho nitro benzene ring substituents is 1. The van der Waals surface area contributed by atoms with Crippen LogP contribution in [0.2, 0.25) is 0 Å². The van der Waals surface area contributed by atoms with Crippen molar-refractivity contribution >= 4 is 28.4 Å². The van der Waals surface area contributed by atoms with Gasteiger partial charge in [-0.3, -0.25) is 30.6 Å². The molecule has 0 unspecified atom stereocenters. The minimum Gasteiger partial charge on any atom is -0.463 e. The molecule has 0 aliphatic carbocycles. The molecule has 172 valence electrons. The maximum Gasteiger partial charge on any atom is 0.290 e. The number of benzene rings is 2. The van der Waals surface area contributed by atoms with Gasteiger partial charge in [-0.2, -0.15) is 5.10 Å². The third-order valence-corrected chi connectivity index (χ3v) is 5.15. The van der Waals surface area contributed by atoms with Crippen LogP contribution >= 0.6 is 0 Å². The quantitative estimate of drug-likeness (QED) is 0.296. The Morgan fingerprint density at radius 2 is 1.77 bits per heavy atom. The summed E-state index contributed by atoms with van der Waals surface area (Å²) in [6, 6.07) is 19.4. The van der Waals surface area contributed by atoms with Crippen LogP contribution in [0.15, 0.2) is 89.7 Å². The van der Waals surface area contributed by atoms with E-state index in [1.165, 1.54) is 41.4 Å². The predicted octanol–water partition coefficient (Wildman–Crippen LogP) is 3.66. The highest BCUT2D eigenvalue weighted by Gasteiger charge is 2.17. The summed E-state index contributed by atoms with van der Waals surface area (Å²) in [7, 11) is 0. The van der Waals surface area contributed by atoms with Crippen LogP contribution in [-0.2, 0) is 0 Å². The fourth-order valence-electron chi connectivity index (χ4n) is 3.50. The molecule has 11 heteroatoms. The van der Waals surface area contributed by atoms with E-state index in [1.54, 1.807) is 42.5 Å². The van der Waals surface area contributed by atoms with Crippen molar-refractivity contribution in [1.29, 1.82) is 0 Å². The van der Waals surface area contributed by atoms with Gasteiger partial charge in [0.25, 0.3) is 17.5 Å². The molecule has 2 N–H and O–H groups in total. The molecule has 0 aliphatic heterocycles. The number of carbonyl (C=O) groups is 2. The topological polar surface area (TPSA) is 145 Å². The largest absolute Gasteiger partial charge is 0.463 e. The summed E-state index contributed by atoms with van der Waals surface area (Å²) in [5.41, 5.74) is 6.42. The molecule has 5 aromatic rings. The van der Waals surface area contributed by atoms with Gasteiger partial charge in [-0.25, -0.2) is 9.67 Å². The fraction of sp³-hybridized carbons (Fsp3) is 0. The number of para-hydroxylation sites is 1. The molecule has 0 saturated heterocycles. The normalized spacial score (nSPS) is 10.7. The summed E-state index contributed by atoms with van der Waals surface area (Å²) in [4.78, 5) is 40.6. The van der Waals surface area contributed by atoms with Crippen molar-refractivity contribution in [3.05, 3.63) is 107 Å². The maximum atomic E-state index is 13.0.